The van der Waals surface area contributed by atoms with Gasteiger partial charge in [-0.05, 0) is 36.8 Å². The summed E-state index contributed by atoms with van der Waals surface area (Å²) in [4.78, 5) is 1.13. The molecule has 0 bridgehead atoms. The summed E-state index contributed by atoms with van der Waals surface area (Å²) in [6.45, 7) is 2.10. The zero-order valence-corrected chi connectivity index (χ0v) is 10.2. The molecule has 1 aromatic carbocycles. The molecule has 1 aromatic rings. The first-order valence-corrected chi connectivity index (χ1v) is 6.35. The van der Waals surface area contributed by atoms with Gasteiger partial charge in [0.1, 0.15) is 0 Å². The number of hydrogen-bond donors (Lipinski definition) is 1. The predicted molar refractivity (Wildman–Crippen MR) is 65.2 cm³/mol. The first kappa shape index (κ1) is 11.9. The van der Waals surface area contributed by atoms with Crippen molar-refractivity contribution in [1.29, 1.82) is 0 Å². The molecule has 0 amide bonds. The van der Waals surface area contributed by atoms with Gasteiger partial charge < -0.3 is 5.73 Å². The second-order valence-corrected chi connectivity index (χ2v) is 4.60. The smallest absolute Gasteiger partial charge is 0.0544 e. The van der Waals surface area contributed by atoms with Gasteiger partial charge in [-0.3, -0.25) is 0 Å². The van der Waals surface area contributed by atoms with Crippen LogP contribution in [0.2, 0.25) is 5.02 Å². The van der Waals surface area contributed by atoms with Crippen molar-refractivity contribution >= 4 is 23.4 Å². The van der Waals surface area contributed by atoms with Crippen molar-refractivity contribution in [3.63, 3.8) is 0 Å². The molecule has 14 heavy (non-hydrogen) atoms. The molecule has 0 saturated carbocycles. The molecular weight excluding hydrogens is 214 g/mol. The second kappa shape index (κ2) is 5.64. The van der Waals surface area contributed by atoms with Crippen molar-refractivity contribution < 1.29 is 0 Å². The zero-order valence-electron chi connectivity index (χ0n) is 8.59. The summed E-state index contributed by atoms with van der Waals surface area (Å²) in [6.07, 6.45) is 3.94. The average molecular weight is 230 g/mol. The Bertz CT molecular complexity index is 301. The minimum atomic E-state index is 0.242. The van der Waals surface area contributed by atoms with Crippen LogP contribution in [0, 0.1) is 0 Å². The summed E-state index contributed by atoms with van der Waals surface area (Å²) in [7, 11) is 0. The third-order valence-corrected chi connectivity index (χ3v) is 3.46. The molecule has 0 aliphatic carbocycles. The van der Waals surface area contributed by atoms with E-state index in [0.29, 0.717) is 0 Å². The number of thioether (sulfide) groups is 1. The second-order valence-electron chi connectivity index (χ2n) is 3.34. The van der Waals surface area contributed by atoms with E-state index in [1.807, 2.05) is 12.3 Å². The van der Waals surface area contributed by atoms with Crippen LogP contribution in [0.5, 0.6) is 0 Å². The van der Waals surface area contributed by atoms with Gasteiger partial charge in [-0.25, -0.2) is 0 Å². The van der Waals surface area contributed by atoms with Crippen LogP contribution in [0.25, 0.3) is 0 Å². The molecule has 0 aliphatic heterocycles. The van der Waals surface area contributed by atoms with Gasteiger partial charge >= 0.3 is 0 Å². The number of hydrogen-bond acceptors (Lipinski definition) is 2. The largest absolute Gasteiger partial charge is 0.327 e. The van der Waals surface area contributed by atoms with Crippen molar-refractivity contribution in [3.8, 4) is 0 Å². The Morgan fingerprint density at radius 1 is 1.50 bits per heavy atom. The Labute approximate surface area is 95.0 Å². The van der Waals surface area contributed by atoms with Gasteiger partial charge in [-0.2, -0.15) is 0 Å². The van der Waals surface area contributed by atoms with E-state index in [-0.39, 0.29) is 6.04 Å². The van der Waals surface area contributed by atoms with E-state index in [9.17, 15) is 0 Å². The Morgan fingerprint density at radius 3 is 2.71 bits per heavy atom. The number of rotatable bonds is 4. The van der Waals surface area contributed by atoms with Crippen molar-refractivity contribution in [1.82, 2.24) is 0 Å². The van der Waals surface area contributed by atoms with Gasteiger partial charge in [0.05, 0.1) is 5.02 Å². The van der Waals surface area contributed by atoms with E-state index in [1.54, 1.807) is 11.8 Å². The van der Waals surface area contributed by atoms with E-state index < -0.39 is 0 Å². The molecule has 1 atom stereocenters. The summed E-state index contributed by atoms with van der Waals surface area (Å²) in [5.41, 5.74) is 7.10. The minimum absolute atomic E-state index is 0.242. The molecule has 0 spiro atoms. The number of nitrogens with two attached hydrogens (primary N) is 1. The fourth-order valence-electron chi connectivity index (χ4n) is 1.28. The first-order chi connectivity index (χ1) is 6.67. The van der Waals surface area contributed by atoms with Crippen molar-refractivity contribution in [2.45, 2.75) is 30.7 Å². The third-order valence-electron chi connectivity index (χ3n) is 2.24. The van der Waals surface area contributed by atoms with Crippen LogP contribution in [0.4, 0.5) is 0 Å². The Hall–Kier alpha value is -0.180. The lowest BCUT2D eigenvalue weighted by Crippen LogP contribution is -2.21. The van der Waals surface area contributed by atoms with E-state index in [1.165, 1.54) is 5.56 Å². The number of benzene rings is 1. The zero-order chi connectivity index (χ0) is 10.6. The molecule has 1 rings (SSSR count). The topological polar surface area (TPSA) is 26.0 Å². The molecule has 0 aromatic heterocycles. The van der Waals surface area contributed by atoms with Crippen molar-refractivity contribution in [2.75, 3.05) is 6.26 Å². The molecule has 1 unspecified atom stereocenters. The van der Waals surface area contributed by atoms with Crippen molar-refractivity contribution in [3.05, 3.63) is 28.8 Å². The molecule has 0 saturated heterocycles. The van der Waals surface area contributed by atoms with Gasteiger partial charge in [0.25, 0.3) is 0 Å². The SMILES string of the molecule is CCC(N)Cc1ccc(SC)c(Cl)c1. The van der Waals surface area contributed by atoms with Gasteiger partial charge in [0, 0.05) is 10.9 Å². The lowest BCUT2D eigenvalue weighted by molar-refractivity contribution is 0.646. The van der Waals surface area contributed by atoms with Gasteiger partial charge in [0.15, 0.2) is 0 Å². The highest BCUT2D eigenvalue weighted by molar-refractivity contribution is 7.98. The Kier molecular flexibility index (Phi) is 4.79. The van der Waals surface area contributed by atoms with E-state index in [4.69, 9.17) is 17.3 Å². The van der Waals surface area contributed by atoms with Gasteiger partial charge in [0.2, 0.25) is 0 Å². The molecule has 3 heteroatoms. The van der Waals surface area contributed by atoms with Crippen LogP contribution in [0.1, 0.15) is 18.9 Å². The highest BCUT2D eigenvalue weighted by Gasteiger charge is 2.04. The summed E-state index contributed by atoms with van der Waals surface area (Å²) in [5, 5.41) is 0.832. The maximum atomic E-state index is 6.09. The quantitative estimate of drug-likeness (QED) is 0.802. The molecule has 0 heterocycles. The van der Waals surface area contributed by atoms with E-state index >= 15 is 0 Å². The van der Waals surface area contributed by atoms with Gasteiger partial charge in [-0.15, -0.1) is 11.8 Å². The molecule has 1 nitrogen and oxygen atoms in total. The minimum Gasteiger partial charge on any atom is -0.327 e. The summed E-state index contributed by atoms with van der Waals surface area (Å²) in [5.74, 6) is 0. The highest BCUT2D eigenvalue weighted by atomic mass is 35.5. The number of halogens is 1. The fraction of sp³-hybridized carbons (Fsp3) is 0.455. The van der Waals surface area contributed by atoms with Crippen LogP contribution >= 0.6 is 23.4 Å². The fourth-order valence-corrected chi connectivity index (χ4v) is 2.18. The summed E-state index contributed by atoms with van der Waals surface area (Å²) < 4.78 is 0. The summed E-state index contributed by atoms with van der Waals surface area (Å²) in [6, 6.07) is 6.42. The lowest BCUT2D eigenvalue weighted by atomic mass is 10.1. The lowest BCUT2D eigenvalue weighted by Gasteiger charge is -2.09. The van der Waals surface area contributed by atoms with Crippen LogP contribution in [-0.2, 0) is 6.42 Å². The van der Waals surface area contributed by atoms with E-state index in [2.05, 4.69) is 19.1 Å². The standard InChI is InChI=1S/C11H16ClNS/c1-3-9(13)6-8-4-5-11(14-2)10(12)7-8/h4-5,7,9H,3,6,13H2,1-2H3. The van der Waals surface area contributed by atoms with Crippen LogP contribution in [-0.4, -0.2) is 12.3 Å². The van der Waals surface area contributed by atoms with Gasteiger partial charge in [-0.1, -0.05) is 24.6 Å². The predicted octanol–water partition coefficient (Wildman–Crippen LogP) is 3.34. The summed E-state index contributed by atoms with van der Waals surface area (Å²) >= 11 is 7.76. The van der Waals surface area contributed by atoms with Crippen LogP contribution in [0.3, 0.4) is 0 Å². The molecule has 78 valence electrons. The molecule has 0 aliphatic rings. The van der Waals surface area contributed by atoms with Crippen LogP contribution in [0.15, 0.2) is 23.1 Å². The molecule has 2 N–H and O–H groups in total. The molecular formula is C11H16ClNS. The van der Waals surface area contributed by atoms with E-state index in [0.717, 1.165) is 22.8 Å². The molecule has 0 radical (unpaired) electrons. The Balaban J connectivity index is 2.76. The van der Waals surface area contributed by atoms with Crippen molar-refractivity contribution in [2.24, 2.45) is 5.73 Å². The Morgan fingerprint density at radius 2 is 2.21 bits per heavy atom. The maximum absolute atomic E-state index is 6.09. The monoisotopic (exact) mass is 229 g/mol. The average Bonchev–Trinajstić information content (AvgIpc) is 2.18. The normalized spacial score (nSPS) is 12.9. The van der Waals surface area contributed by atoms with Crippen LogP contribution < -0.4 is 5.73 Å². The maximum Gasteiger partial charge on any atom is 0.0544 e. The third kappa shape index (κ3) is 3.19. The molecule has 0 fully saturated rings. The highest BCUT2D eigenvalue weighted by Crippen LogP contribution is 2.26. The first-order valence-electron chi connectivity index (χ1n) is 4.75.